The van der Waals surface area contributed by atoms with Gasteiger partial charge in [0.25, 0.3) is 0 Å². The summed E-state index contributed by atoms with van der Waals surface area (Å²) in [5.41, 5.74) is 0.0389. The van der Waals surface area contributed by atoms with Crippen molar-refractivity contribution in [2.24, 2.45) is 5.41 Å². The van der Waals surface area contributed by atoms with E-state index in [0.29, 0.717) is 6.54 Å². The van der Waals surface area contributed by atoms with Crippen molar-refractivity contribution in [1.82, 2.24) is 5.32 Å². The van der Waals surface area contributed by atoms with Crippen molar-refractivity contribution in [2.75, 3.05) is 13.2 Å². The molecule has 1 saturated carbocycles. The fourth-order valence-corrected chi connectivity index (χ4v) is 1.44. The van der Waals surface area contributed by atoms with Crippen LogP contribution in [0.1, 0.15) is 26.2 Å². The molecule has 6 heteroatoms. The summed E-state index contributed by atoms with van der Waals surface area (Å²) in [6.07, 6.45) is -2.37. The van der Waals surface area contributed by atoms with Crippen LogP contribution in [0.3, 0.4) is 0 Å². The molecule has 0 aliphatic heterocycles. The minimum Gasteiger partial charge on any atom is -0.440 e. The molecule has 1 rings (SSSR count). The van der Waals surface area contributed by atoms with E-state index in [-0.39, 0.29) is 5.41 Å². The highest BCUT2D eigenvalue weighted by Gasteiger charge is 2.33. The van der Waals surface area contributed by atoms with Gasteiger partial charge in [0.05, 0.1) is 0 Å². The van der Waals surface area contributed by atoms with E-state index in [9.17, 15) is 18.0 Å². The minimum absolute atomic E-state index is 0.0389. The number of ether oxygens (including phenoxy) is 1. The Morgan fingerprint density at radius 2 is 2.07 bits per heavy atom. The number of halogens is 3. The van der Waals surface area contributed by atoms with Crippen molar-refractivity contribution in [3.63, 3.8) is 0 Å². The van der Waals surface area contributed by atoms with E-state index in [2.05, 4.69) is 10.1 Å². The summed E-state index contributed by atoms with van der Waals surface area (Å²) < 4.78 is 39.0. The van der Waals surface area contributed by atoms with Gasteiger partial charge in [0, 0.05) is 6.54 Å². The van der Waals surface area contributed by atoms with E-state index in [1.807, 2.05) is 6.92 Å². The average Bonchev–Trinajstić information content (AvgIpc) is 2.07. The molecule has 0 atom stereocenters. The Bertz CT molecular complexity index is 236. The molecule has 1 amide bonds. The summed E-state index contributed by atoms with van der Waals surface area (Å²) in [5, 5.41) is 2.34. The number of alkyl carbamates (subject to hydrolysis) is 1. The number of amides is 1. The molecule has 0 heterocycles. The van der Waals surface area contributed by atoms with E-state index in [1.54, 1.807) is 0 Å². The first kappa shape index (κ1) is 12.1. The molecule has 0 aromatic rings. The largest absolute Gasteiger partial charge is 0.440 e. The van der Waals surface area contributed by atoms with Gasteiger partial charge in [-0.1, -0.05) is 13.3 Å². The summed E-state index contributed by atoms with van der Waals surface area (Å²) in [5.74, 6) is 0. The highest BCUT2D eigenvalue weighted by atomic mass is 19.4. The normalized spacial score (nSPS) is 19.2. The molecule has 15 heavy (non-hydrogen) atoms. The van der Waals surface area contributed by atoms with E-state index in [1.165, 1.54) is 0 Å². The van der Waals surface area contributed by atoms with Gasteiger partial charge in [0.2, 0.25) is 0 Å². The van der Waals surface area contributed by atoms with Crippen LogP contribution >= 0.6 is 0 Å². The Morgan fingerprint density at radius 3 is 2.47 bits per heavy atom. The number of carbonyl (C=O) groups excluding carboxylic acids is 1. The van der Waals surface area contributed by atoms with Crippen LogP contribution < -0.4 is 5.32 Å². The first-order valence-corrected chi connectivity index (χ1v) is 4.78. The number of rotatable bonds is 3. The number of alkyl halides is 3. The van der Waals surface area contributed by atoms with Gasteiger partial charge >= 0.3 is 12.3 Å². The molecule has 1 fully saturated rings. The second kappa shape index (κ2) is 4.28. The lowest BCUT2D eigenvalue weighted by molar-refractivity contribution is -0.160. The van der Waals surface area contributed by atoms with E-state index >= 15 is 0 Å². The van der Waals surface area contributed by atoms with Crippen LogP contribution in [-0.4, -0.2) is 25.4 Å². The van der Waals surface area contributed by atoms with Crippen molar-refractivity contribution >= 4 is 6.09 Å². The van der Waals surface area contributed by atoms with Gasteiger partial charge in [0.1, 0.15) is 0 Å². The number of nitrogens with one attached hydrogen (secondary N) is 1. The Balaban J connectivity index is 2.14. The van der Waals surface area contributed by atoms with Crippen LogP contribution in [-0.2, 0) is 4.74 Å². The number of hydrogen-bond donors (Lipinski definition) is 1. The molecule has 1 aliphatic rings. The van der Waals surface area contributed by atoms with Crippen molar-refractivity contribution < 1.29 is 22.7 Å². The van der Waals surface area contributed by atoms with Crippen molar-refractivity contribution in [2.45, 2.75) is 32.4 Å². The summed E-state index contributed by atoms with van der Waals surface area (Å²) in [7, 11) is 0. The Kier molecular flexibility index (Phi) is 3.46. The molecular weight excluding hydrogens is 211 g/mol. The van der Waals surface area contributed by atoms with Gasteiger partial charge in [-0.25, -0.2) is 4.79 Å². The van der Waals surface area contributed by atoms with Gasteiger partial charge < -0.3 is 10.1 Å². The van der Waals surface area contributed by atoms with Gasteiger partial charge in [-0.3, -0.25) is 0 Å². The van der Waals surface area contributed by atoms with Crippen LogP contribution in [0.25, 0.3) is 0 Å². The van der Waals surface area contributed by atoms with Crippen LogP contribution in [0, 0.1) is 5.41 Å². The van der Waals surface area contributed by atoms with Crippen molar-refractivity contribution in [3.05, 3.63) is 0 Å². The second-order valence-electron chi connectivity index (χ2n) is 4.21. The lowest BCUT2D eigenvalue weighted by Gasteiger charge is -2.38. The van der Waals surface area contributed by atoms with E-state index in [0.717, 1.165) is 19.3 Å². The molecule has 0 spiro atoms. The first-order valence-electron chi connectivity index (χ1n) is 4.78. The van der Waals surface area contributed by atoms with Crippen molar-refractivity contribution in [1.29, 1.82) is 0 Å². The quantitative estimate of drug-likeness (QED) is 0.801. The molecule has 3 nitrogen and oxygen atoms in total. The third-order valence-electron chi connectivity index (χ3n) is 2.59. The van der Waals surface area contributed by atoms with Gasteiger partial charge in [-0.15, -0.1) is 0 Å². The second-order valence-corrected chi connectivity index (χ2v) is 4.21. The van der Waals surface area contributed by atoms with Crippen molar-refractivity contribution in [3.8, 4) is 0 Å². The SMILES string of the molecule is CC1(CNC(=O)OCC(F)(F)F)CCC1. The summed E-state index contributed by atoms with van der Waals surface area (Å²) in [4.78, 5) is 10.8. The minimum atomic E-state index is -4.46. The highest BCUT2D eigenvalue weighted by molar-refractivity contribution is 5.67. The first-order chi connectivity index (χ1) is 6.81. The predicted octanol–water partition coefficient (Wildman–Crippen LogP) is 2.47. The van der Waals surface area contributed by atoms with E-state index in [4.69, 9.17) is 0 Å². The maximum atomic E-state index is 11.7. The van der Waals surface area contributed by atoms with Crippen LogP contribution in [0.15, 0.2) is 0 Å². The molecule has 1 aliphatic carbocycles. The molecule has 0 radical (unpaired) electrons. The summed E-state index contributed by atoms with van der Waals surface area (Å²) in [6.45, 7) is 0.833. The highest BCUT2D eigenvalue weighted by Crippen LogP contribution is 2.39. The van der Waals surface area contributed by atoms with Crippen LogP contribution in [0.2, 0.25) is 0 Å². The Morgan fingerprint density at radius 1 is 1.47 bits per heavy atom. The summed E-state index contributed by atoms with van der Waals surface area (Å²) in [6, 6.07) is 0. The lowest BCUT2D eigenvalue weighted by Crippen LogP contribution is -2.40. The van der Waals surface area contributed by atoms with Gasteiger partial charge in [-0.2, -0.15) is 13.2 Å². The molecule has 0 saturated heterocycles. The lowest BCUT2D eigenvalue weighted by atomic mass is 9.70. The fraction of sp³-hybridized carbons (Fsp3) is 0.889. The number of carbonyl (C=O) groups is 1. The zero-order chi connectivity index (χ0) is 11.5. The van der Waals surface area contributed by atoms with Crippen LogP contribution in [0.4, 0.5) is 18.0 Å². The third kappa shape index (κ3) is 4.40. The predicted molar refractivity (Wildman–Crippen MR) is 47.4 cm³/mol. The van der Waals surface area contributed by atoms with Crippen LogP contribution in [0.5, 0.6) is 0 Å². The third-order valence-corrected chi connectivity index (χ3v) is 2.59. The monoisotopic (exact) mass is 225 g/mol. The zero-order valence-electron chi connectivity index (χ0n) is 8.49. The molecule has 0 aromatic carbocycles. The average molecular weight is 225 g/mol. The molecule has 0 bridgehead atoms. The topological polar surface area (TPSA) is 38.3 Å². The number of hydrogen-bond acceptors (Lipinski definition) is 2. The van der Waals surface area contributed by atoms with Gasteiger partial charge in [0.15, 0.2) is 6.61 Å². The Hall–Kier alpha value is -0.940. The smallest absolute Gasteiger partial charge is 0.422 e. The standard InChI is InChI=1S/C9H14F3NO2/c1-8(3-2-4-8)5-13-7(14)15-6-9(10,11)12/h2-6H2,1H3,(H,13,14). The molecule has 0 unspecified atom stereocenters. The maximum absolute atomic E-state index is 11.7. The molecule has 0 aromatic heterocycles. The van der Waals surface area contributed by atoms with E-state index < -0.39 is 18.9 Å². The maximum Gasteiger partial charge on any atom is 0.422 e. The molecule has 1 N–H and O–H groups in total. The zero-order valence-corrected chi connectivity index (χ0v) is 8.49. The fourth-order valence-electron chi connectivity index (χ4n) is 1.44. The Labute approximate surface area is 86.0 Å². The molecular formula is C9H14F3NO2. The molecule has 88 valence electrons. The van der Waals surface area contributed by atoms with Gasteiger partial charge in [-0.05, 0) is 18.3 Å². The summed E-state index contributed by atoms with van der Waals surface area (Å²) >= 11 is 0.